The monoisotopic (exact) mass is 349 g/mol. The Kier molecular flexibility index (Phi) is 5.12. The van der Waals surface area contributed by atoms with Crippen LogP contribution in [0.4, 0.5) is 5.69 Å². The molecule has 0 fully saturated rings. The van der Waals surface area contributed by atoms with Crippen LogP contribution in [-0.4, -0.2) is 23.3 Å². The van der Waals surface area contributed by atoms with Gasteiger partial charge in [-0.25, -0.2) is 0 Å². The Morgan fingerprint density at radius 3 is 2.58 bits per heavy atom. The van der Waals surface area contributed by atoms with Crippen molar-refractivity contribution in [1.82, 2.24) is 10.3 Å². The lowest BCUT2D eigenvalue weighted by Gasteiger charge is -2.11. The first kappa shape index (κ1) is 17.4. The highest BCUT2D eigenvalue weighted by Crippen LogP contribution is 2.16. The van der Waals surface area contributed by atoms with Gasteiger partial charge in [0.2, 0.25) is 11.5 Å². The van der Waals surface area contributed by atoms with Crippen molar-refractivity contribution in [2.24, 2.45) is 0 Å². The number of amides is 2. The number of aromatic nitrogens is 1. The van der Waals surface area contributed by atoms with Crippen LogP contribution < -0.4 is 16.2 Å². The Labute approximate surface area is 150 Å². The number of nitrogens with one attached hydrogen (secondary N) is 3. The van der Waals surface area contributed by atoms with E-state index < -0.39 is 5.91 Å². The van der Waals surface area contributed by atoms with Gasteiger partial charge in [0.05, 0.1) is 12.1 Å². The smallest absolute Gasteiger partial charge is 0.252 e. The predicted molar refractivity (Wildman–Crippen MR) is 101 cm³/mol. The van der Waals surface area contributed by atoms with Crippen LogP contribution in [-0.2, 0) is 11.2 Å². The van der Waals surface area contributed by atoms with Crippen molar-refractivity contribution >= 4 is 28.4 Å². The molecule has 0 radical (unpaired) electrons. The van der Waals surface area contributed by atoms with E-state index in [2.05, 4.69) is 15.6 Å². The summed E-state index contributed by atoms with van der Waals surface area (Å²) in [5.74, 6) is -0.792. The molecule has 1 aromatic heterocycles. The number of aryl methyl sites for hydroxylation is 1. The van der Waals surface area contributed by atoms with Crippen molar-refractivity contribution in [3.05, 3.63) is 76.1 Å². The Morgan fingerprint density at radius 1 is 1.04 bits per heavy atom. The number of hydrogen-bond donors (Lipinski definition) is 3. The first-order valence-electron chi connectivity index (χ1n) is 8.36. The number of anilines is 1. The zero-order chi connectivity index (χ0) is 18.5. The Balaban J connectivity index is 1.71. The summed E-state index contributed by atoms with van der Waals surface area (Å²) in [6.07, 6.45) is 0.793. The minimum Gasteiger partial charge on any atom is -0.343 e. The van der Waals surface area contributed by atoms with Gasteiger partial charge in [0.25, 0.3) is 5.91 Å². The fourth-order valence-corrected chi connectivity index (χ4v) is 2.79. The highest BCUT2D eigenvalue weighted by atomic mass is 16.2. The quantitative estimate of drug-likeness (QED) is 0.661. The standard InChI is InChI=1S/C20H19N3O3/c1-2-13-7-3-5-9-16(13)22-19(25)12-21-20(26)15-11-18(24)23-17-10-6-4-8-14(15)17/h3-11H,2,12H2,1H3,(H,21,26)(H,22,25)(H,23,24). The number of carbonyl (C=O) groups is 2. The van der Waals surface area contributed by atoms with Gasteiger partial charge in [-0.2, -0.15) is 0 Å². The molecule has 0 spiro atoms. The van der Waals surface area contributed by atoms with Crippen molar-refractivity contribution < 1.29 is 9.59 Å². The maximum absolute atomic E-state index is 12.4. The topological polar surface area (TPSA) is 91.1 Å². The lowest BCUT2D eigenvalue weighted by atomic mass is 10.1. The van der Waals surface area contributed by atoms with E-state index in [1.807, 2.05) is 31.2 Å². The largest absolute Gasteiger partial charge is 0.343 e. The summed E-state index contributed by atoms with van der Waals surface area (Å²) in [6, 6.07) is 15.8. The van der Waals surface area contributed by atoms with Gasteiger partial charge in [-0.1, -0.05) is 43.3 Å². The average molecular weight is 349 g/mol. The lowest BCUT2D eigenvalue weighted by Crippen LogP contribution is -2.33. The van der Waals surface area contributed by atoms with Crippen molar-refractivity contribution in [3.63, 3.8) is 0 Å². The minimum absolute atomic E-state index is 0.183. The second-order valence-electron chi connectivity index (χ2n) is 5.83. The molecular formula is C20H19N3O3. The second-order valence-corrected chi connectivity index (χ2v) is 5.83. The third kappa shape index (κ3) is 3.80. The van der Waals surface area contributed by atoms with Crippen molar-refractivity contribution in [3.8, 4) is 0 Å². The summed E-state index contributed by atoms with van der Waals surface area (Å²) in [4.78, 5) is 39.0. The van der Waals surface area contributed by atoms with E-state index >= 15 is 0 Å². The van der Waals surface area contributed by atoms with Crippen molar-refractivity contribution in [2.45, 2.75) is 13.3 Å². The predicted octanol–water partition coefficient (Wildman–Crippen LogP) is 2.46. The Bertz CT molecular complexity index is 1020. The summed E-state index contributed by atoms with van der Waals surface area (Å²) in [5.41, 5.74) is 2.20. The number of benzene rings is 2. The number of para-hydroxylation sites is 2. The molecule has 0 atom stereocenters. The second kappa shape index (κ2) is 7.65. The van der Waals surface area contributed by atoms with Crippen molar-refractivity contribution in [2.75, 3.05) is 11.9 Å². The zero-order valence-corrected chi connectivity index (χ0v) is 14.3. The zero-order valence-electron chi connectivity index (χ0n) is 14.3. The first-order valence-corrected chi connectivity index (χ1v) is 8.36. The number of fused-ring (bicyclic) bond motifs is 1. The van der Waals surface area contributed by atoms with Gasteiger partial charge in [0.15, 0.2) is 0 Å². The molecule has 0 unspecified atom stereocenters. The highest BCUT2D eigenvalue weighted by molar-refractivity contribution is 6.07. The van der Waals surface area contributed by atoms with E-state index in [0.717, 1.165) is 17.7 Å². The van der Waals surface area contributed by atoms with Crippen LogP contribution in [0, 0.1) is 0 Å². The third-order valence-corrected chi connectivity index (χ3v) is 4.08. The van der Waals surface area contributed by atoms with Crippen LogP contribution in [0.25, 0.3) is 10.9 Å². The number of aromatic amines is 1. The Morgan fingerprint density at radius 2 is 1.77 bits per heavy atom. The average Bonchev–Trinajstić information content (AvgIpc) is 2.65. The summed E-state index contributed by atoms with van der Waals surface area (Å²) >= 11 is 0. The van der Waals surface area contributed by atoms with Gasteiger partial charge >= 0.3 is 0 Å². The molecule has 0 aliphatic carbocycles. The van der Waals surface area contributed by atoms with Crippen molar-refractivity contribution in [1.29, 1.82) is 0 Å². The van der Waals surface area contributed by atoms with E-state index in [1.54, 1.807) is 24.3 Å². The fraction of sp³-hybridized carbons (Fsp3) is 0.150. The van der Waals surface area contributed by atoms with E-state index in [-0.39, 0.29) is 23.6 Å². The number of H-pyrrole nitrogens is 1. The number of carbonyl (C=O) groups excluding carboxylic acids is 2. The summed E-state index contributed by atoms with van der Waals surface area (Å²) in [6.45, 7) is 1.82. The van der Waals surface area contributed by atoms with E-state index in [9.17, 15) is 14.4 Å². The van der Waals surface area contributed by atoms with Gasteiger partial charge in [-0.05, 0) is 24.1 Å². The van der Waals surface area contributed by atoms with Crippen LogP contribution in [0.2, 0.25) is 0 Å². The number of hydrogen-bond acceptors (Lipinski definition) is 3. The SMILES string of the molecule is CCc1ccccc1NC(=O)CNC(=O)c1cc(=O)[nH]c2ccccc12. The first-order chi connectivity index (χ1) is 12.6. The molecule has 3 rings (SSSR count). The maximum atomic E-state index is 12.4. The van der Waals surface area contributed by atoms with Crippen LogP contribution >= 0.6 is 0 Å². The van der Waals surface area contributed by atoms with Crippen LogP contribution in [0.15, 0.2) is 59.4 Å². The van der Waals surface area contributed by atoms with Gasteiger partial charge in [0, 0.05) is 22.7 Å². The lowest BCUT2D eigenvalue weighted by molar-refractivity contribution is -0.115. The Hall–Kier alpha value is -3.41. The normalized spacial score (nSPS) is 10.5. The van der Waals surface area contributed by atoms with E-state index in [4.69, 9.17) is 0 Å². The molecule has 1 heterocycles. The molecule has 6 nitrogen and oxygen atoms in total. The molecule has 0 bridgehead atoms. The molecule has 0 aliphatic rings. The summed E-state index contributed by atoms with van der Waals surface area (Å²) in [7, 11) is 0. The molecule has 3 aromatic rings. The van der Waals surface area contributed by atoms with E-state index in [0.29, 0.717) is 10.9 Å². The minimum atomic E-state index is -0.466. The molecular weight excluding hydrogens is 330 g/mol. The van der Waals surface area contributed by atoms with Crippen LogP contribution in [0.3, 0.4) is 0 Å². The molecule has 0 aliphatic heterocycles. The van der Waals surface area contributed by atoms with E-state index in [1.165, 1.54) is 6.07 Å². The van der Waals surface area contributed by atoms with Gasteiger partial charge in [-0.15, -0.1) is 0 Å². The number of rotatable bonds is 5. The highest BCUT2D eigenvalue weighted by Gasteiger charge is 2.13. The van der Waals surface area contributed by atoms with Gasteiger partial charge in [-0.3, -0.25) is 14.4 Å². The molecule has 0 saturated carbocycles. The molecule has 0 saturated heterocycles. The summed E-state index contributed by atoms with van der Waals surface area (Å²) in [5, 5.41) is 5.99. The molecule has 3 N–H and O–H groups in total. The molecule has 2 amide bonds. The number of pyridine rings is 1. The maximum Gasteiger partial charge on any atom is 0.252 e. The molecule has 132 valence electrons. The third-order valence-electron chi connectivity index (χ3n) is 4.08. The van der Waals surface area contributed by atoms with Crippen LogP contribution in [0.5, 0.6) is 0 Å². The summed E-state index contributed by atoms with van der Waals surface area (Å²) < 4.78 is 0. The molecule has 2 aromatic carbocycles. The van der Waals surface area contributed by atoms with Gasteiger partial charge < -0.3 is 15.6 Å². The molecule has 26 heavy (non-hydrogen) atoms. The molecule has 6 heteroatoms. The fourth-order valence-electron chi connectivity index (χ4n) is 2.79. The van der Waals surface area contributed by atoms with Gasteiger partial charge in [0.1, 0.15) is 0 Å². The van der Waals surface area contributed by atoms with Crippen LogP contribution in [0.1, 0.15) is 22.8 Å².